The van der Waals surface area contributed by atoms with E-state index in [-0.39, 0.29) is 11.9 Å². The minimum atomic E-state index is -0.375. The molecule has 3 N–H and O–H groups in total. The second-order valence-corrected chi connectivity index (χ2v) is 9.85. The number of nitrogens with zero attached hydrogens (tertiary/aromatic N) is 3. The van der Waals surface area contributed by atoms with Gasteiger partial charge in [0.15, 0.2) is 0 Å². The normalized spacial score (nSPS) is 14.1. The Balaban J connectivity index is 1.47. The van der Waals surface area contributed by atoms with Crippen molar-refractivity contribution in [2.75, 3.05) is 17.2 Å². The highest BCUT2D eigenvalue weighted by Gasteiger charge is 2.24. The van der Waals surface area contributed by atoms with E-state index in [0.717, 1.165) is 32.3 Å². The number of hydrogen-bond acceptors (Lipinski definition) is 5. The molecule has 6 rings (SSSR count). The molecule has 0 aliphatic carbocycles. The number of tetrazole rings is 1. The van der Waals surface area contributed by atoms with E-state index in [9.17, 15) is 4.79 Å². The maximum atomic E-state index is 13.2. The minimum absolute atomic E-state index is 0.0731. The Hall–Kier alpha value is -4.76. The number of aromatic nitrogens is 4. The summed E-state index contributed by atoms with van der Waals surface area (Å²) in [6, 6.07) is 29.1. The van der Waals surface area contributed by atoms with Gasteiger partial charge in [-0.15, -0.1) is 10.2 Å². The zero-order valence-corrected chi connectivity index (χ0v) is 22.2. The van der Waals surface area contributed by atoms with Crippen LogP contribution in [0, 0.1) is 0 Å². The second-order valence-electron chi connectivity index (χ2n) is 8.94. The van der Waals surface area contributed by atoms with Crippen molar-refractivity contribution in [2.24, 2.45) is 0 Å². The van der Waals surface area contributed by atoms with Crippen LogP contribution in [0.5, 0.6) is 5.75 Å². The number of halogens is 1. The zero-order valence-electron chi connectivity index (χ0n) is 20.6. The van der Waals surface area contributed by atoms with Gasteiger partial charge in [0, 0.05) is 27.2 Å². The van der Waals surface area contributed by atoms with Crippen molar-refractivity contribution < 1.29 is 9.53 Å². The number of fused-ring (bicyclic) bond motifs is 1. The maximum Gasteiger partial charge on any atom is 0.323 e. The van der Waals surface area contributed by atoms with Crippen molar-refractivity contribution in [3.8, 4) is 28.3 Å². The molecule has 39 heavy (non-hydrogen) atoms. The number of hydrogen-bond donors (Lipinski definition) is 3. The Morgan fingerprint density at radius 1 is 0.923 bits per heavy atom. The average Bonchev–Trinajstić information content (AvgIpc) is 3.42. The molecule has 0 bridgehead atoms. The maximum absolute atomic E-state index is 13.2. The molecular weight excluding hydrogens is 556 g/mol. The molecule has 0 spiro atoms. The zero-order chi connectivity index (χ0) is 26.6. The van der Waals surface area contributed by atoms with Crippen molar-refractivity contribution in [1.82, 2.24) is 20.6 Å². The predicted octanol–water partition coefficient (Wildman–Crippen LogP) is 7.02. The third-order valence-corrected chi connectivity index (χ3v) is 6.97. The lowest BCUT2D eigenvalue weighted by molar-refractivity contribution is 0.262. The lowest BCUT2D eigenvalue weighted by Gasteiger charge is -2.21. The summed E-state index contributed by atoms with van der Waals surface area (Å²) in [6.45, 7) is 0.387. The molecule has 0 unspecified atom stereocenters. The van der Waals surface area contributed by atoms with Crippen LogP contribution in [0.15, 0.2) is 108 Å². The van der Waals surface area contributed by atoms with Gasteiger partial charge in [-0.05, 0) is 58.3 Å². The van der Waals surface area contributed by atoms with E-state index in [2.05, 4.69) is 71.5 Å². The Morgan fingerprint density at radius 2 is 1.69 bits per heavy atom. The van der Waals surface area contributed by atoms with Crippen LogP contribution in [0.25, 0.3) is 22.5 Å². The molecule has 0 saturated carbocycles. The van der Waals surface area contributed by atoms with Gasteiger partial charge >= 0.3 is 6.03 Å². The van der Waals surface area contributed by atoms with Crippen LogP contribution < -0.4 is 15.4 Å². The lowest BCUT2D eigenvalue weighted by Crippen LogP contribution is -2.20. The molecule has 192 valence electrons. The number of aromatic amines is 1. The summed E-state index contributed by atoms with van der Waals surface area (Å²) in [7, 11) is 0. The number of carbonyl (C=O) groups excluding carboxylic acids is 1. The first kappa shape index (κ1) is 24.6. The van der Waals surface area contributed by atoms with Crippen LogP contribution >= 0.6 is 15.9 Å². The van der Waals surface area contributed by atoms with Gasteiger partial charge in [0.2, 0.25) is 5.82 Å². The molecule has 0 radical (unpaired) electrons. The van der Waals surface area contributed by atoms with E-state index in [0.29, 0.717) is 29.6 Å². The van der Waals surface area contributed by atoms with Gasteiger partial charge in [0.25, 0.3) is 0 Å². The number of H-pyrrole nitrogens is 1. The number of carbonyl (C=O) groups is 1. The standard InChI is InChI=1S/C30H23BrN6O2/c31-21-12-14-22(15-13-21)32-30(38)33-27-18-20(24-9-4-5-10-25(24)29-34-36-37-35-29)17-26-23(11-6-16-39-28(26)27)19-7-2-1-3-8-19/h1-15,17-18,23H,16H2,(H2,32,33,38)(H,34,35,36,37)/t23-/m1/s1. The van der Waals surface area contributed by atoms with Gasteiger partial charge in [-0.2, -0.15) is 5.21 Å². The first-order chi connectivity index (χ1) is 19.2. The molecule has 1 aliphatic rings. The van der Waals surface area contributed by atoms with Crippen molar-refractivity contribution in [3.05, 3.63) is 119 Å². The average molecular weight is 579 g/mol. The van der Waals surface area contributed by atoms with Crippen molar-refractivity contribution >= 4 is 33.3 Å². The van der Waals surface area contributed by atoms with Gasteiger partial charge in [-0.25, -0.2) is 4.79 Å². The van der Waals surface area contributed by atoms with Gasteiger partial charge < -0.3 is 15.4 Å². The molecule has 8 nitrogen and oxygen atoms in total. The summed E-state index contributed by atoms with van der Waals surface area (Å²) in [6.07, 6.45) is 4.15. The van der Waals surface area contributed by atoms with Gasteiger partial charge in [0.05, 0.1) is 5.69 Å². The van der Waals surface area contributed by atoms with E-state index < -0.39 is 0 Å². The van der Waals surface area contributed by atoms with Gasteiger partial charge in [-0.1, -0.05) is 82.7 Å². The lowest BCUT2D eigenvalue weighted by atomic mass is 9.87. The highest BCUT2D eigenvalue weighted by molar-refractivity contribution is 9.10. The molecule has 9 heteroatoms. The van der Waals surface area contributed by atoms with Gasteiger partial charge in [-0.3, -0.25) is 0 Å². The minimum Gasteiger partial charge on any atom is -0.487 e. The second kappa shape index (κ2) is 10.9. The first-order valence-electron chi connectivity index (χ1n) is 12.3. The van der Waals surface area contributed by atoms with Crippen LogP contribution in [0.3, 0.4) is 0 Å². The molecule has 1 atom stereocenters. The Kier molecular flexibility index (Phi) is 6.88. The first-order valence-corrected chi connectivity index (χ1v) is 13.1. The highest BCUT2D eigenvalue weighted by Crippen LogP contribution is 2.44. The Morgan fingerprint density at radius 3 is 2.46 bits per heavy atom. The molecule has 0 fully saturated rings. The fourth-order valence-corrected chi connectivity index (χ4v) is 4.96. The van der Waals surface area contributed by atoms with Crippen LogP contribution in [0.4, 0.5) is 16.2 Å². The van der Waals surface area contributed by atoms with E-state index in [1.54, 1.807) is 0 Å². The summed E-state index contributed by atoms with van der Waals surface area (Å²) in [5.41, 5.74) is 5.89. The SMILES string of the molecule is O=C(Nc1ccc(Br)cc1)Nc1cc(-c2ccccc2-c2nn[nH]n2)cc2c1OCC=C[C@@H]2c1ccccc1. The van der Waals surface area contributed by atoms with Gasteiger partial charge in [0.1, 0.15) is 12.4 Å². The van der Waals surface area contributed by atoms with Crippen LogP contribution in [0.2, 0.25) is 0 Å². The molecule has 5 aromatic rings. The number of rotatable bonds is 5. The van der Waals surface area contributed by atoms with Crippen molar-refractivity contribution in [2.45, 2.75) is 5.92 Å². The monoisotopic (exact) mass is 578 g/mol. The number of allylic oxidation sites excluding steroid dienone is 1. The topological polar surface area (TPSA) is 105 Å². The number of amides is 2. The van der Waals surface area contributed by atoms with E-state index >= 15 is 0 Å². The number of ether oxygens (including phenoxy) is 1. The Bertz CT molecular complexity index is 1640. The summed E-state index contributed by atoms with van der Waals surface area (Å²) in [5.74, 6) is 1.04. The highest BCUT2D eigenvalue weighted by atomic mass is 79.9. The third kappa shape index (κ3) is 5.30. The van der Waals surface area contributed by atoms with E-state index in [1.165, 1.54) is 0 Å². The predicted molar refractivity (Wildman–Crippen MR) is 155 cm³/mol. The fraction of sp³-hybridized carbons (Fsp3) is 0.0667. The molecular formula is C30H23BrN6O2. The molecule has 1 aromatic heterocycles. The van der Waals surface area contributed by atoms with Crippen molar-refractivity contribution in [1.29, 1.82) is 0 Å². The largest absolute Gasteiger partial charge is 0.487 e. The van der Waals surface area contributed by atoms with E-state index in [1.807, 2.05) is 78.9 Å². The van der Waals surface area contributed by atoms with E-state index in [4.69, 9.17) is 4.74 Å². The van der Waals surface area contributed by atoms with Crippen molar-refractivity contribution in [3.63, 3.8) is 0 Å². The Labute approximate surface area is 233 Å². The quantitative estimate of drug-likeness (QED) is 0.194. The molecule has 4 aromatic carbocycles. The van der Waals surface area contributed by atoms with Crippen LogP contribution in [0.1, 0.15) is 17.0 Å². The smallest absolute Gasteiger partial charge is 0.323 e. The summed E-state index contributed by atoms with van der Waals surface area (Å²) in [5, 5.41) is 20.6. The molecule has 2 amide bonds. The molecule has 1 aliphatic heterocycles. The number of nitrogens with one attached hydrogen (secondary N) is 3. The van der Waals surface area contributed by atoms with Crippen LogP contribution in [-0.4, -0.2) is 33.3 Å². The third-order valence-electron chi connectivity index (χ3n) is 6.44. The fourth-order valence-electron chi connectivity index (χ4n) is 4.69. The molecule has 0 saturated heterocycles. The molecule has 2 heterocycles. The number of urea groups is 1. The summed E-state index contributed by atoms with van der Waals surface area (Å²) in [4.78, 5) is 13.2. The van der Waals surface area contributed by atoms with Crippen LogP contribution in [-0.2, 0) is 0 Å². The number of anilines is 2. The summed E-state index contributed by atoms with van der Waals surface area (Å²) < 4.78 is 7.15. The summed E-state index contributed by atoms with van der Waals surface area (Å²) >= 11 is 3.42. The number of benzene rings is 4.